The molecule has 0 amide bonds. The van der Waals surface area contributed by atoms with Crippen LogP contribution in [0.4, 0.5) is 24.5 Å². The topological polar surface area (TPSA) is 81.2 Å². The van der Waals surface area contributed by atoms with E-state index < -0.39 is 27.9 Å². The van der Waals surface area contributed by atoms with Gasteiger partial charge in [0.05, 0.1) is 10.5 Å². The minimum absolute atomic E-state index is 0.0289. The smallest absolute Gasteiger partial charge is 0.378 e. The number of hydrogen-bond donors (Lipinski definition) is 2. The van der Waals surface area contributed by atoms with Gasteiger partial charge in [-0.05, 0) is 18.9 Å². The number of nitro groups is 1. The summed E-state index contributed by atoms with van der Waals surface area (Å²) in [5.74, 6) is -0.0289. The summed E-state index contributed by atoms with van der Waals surface area (Å²) in [7, 11) is 0. The molecule has 0 saturated heterocycles. The highest BCUT2D eigenvalue weighted by molar-refractivity contribution is 5.58. The van der Waals surface area contributed by atoms with Crippen molar-refractivity contribution in [1.82, 2.24) is 0 Å². The molecule has 0 aliphatic carbocycles. The van der Waals surface area contributed by atoms with Gasteiger partial charge in [-0.25, -0.2) is 0 Å². The number of anilines is 1. The summed E-state index contributed by atoms with van der Waals surface area (Å²) in [6.07, 6.45) is -4.69. The molecule has 0 heterocycles. The minimum atomic E-state index is -4.69. The summed E-state index contributed by atoms with van der Waals surface area (Å²) < 4.78 is 39.2. The van der Waals surface area contributed by atoms with Gasteiger partial charge in [0.2, 0.25) is 0 Å². The third kappa shape index (κ3) is 3.84. The molecule has 0 bridgehead atoms. The van der Waals surface area contributed by atoms with Gasteiger partial charge in [0.15, 0.2) is 0 Å². The zero-order valence-electron chi connectivity index (χ0n) is 12.0. The molecule has 118 valence electrons. The number of benzene rings is 1. The largest absolute Gasteiger partial charge is 0.418 e. The highest BCUT2D eigenvalue weighted by atomic mass is 19.4. The van der Waals surface area contributed by atoms with Crippen molar-refractivity contribution in [3.8, 4) is 0 Å². The van der Waals surface area contributed by atoms with E-state index in [1.165, 1.54) is 0 Å². The Bertz CT molecular complexity index is 532. The zero-order valence-corrected chi connectivity index (χ0v) is 12.0. The van der Waals surface area contributed by atoms with Gasteiger partial charge in [0.25, 0.3) is 5.69 Å². The molecular formula is C13H18F3N3O2. The van der Waals surface area contributed by atoms with Gasteiger partial charge in [-0.3, -0.25) is 10.1 Å². The lowest BCUT2D eigenvalue weighted by molar-refractivity contribution is -0.385. The highest BCUT2D eigenvalue weighted by Crippen LogP contribution is 2.38. The average Bonchev–Trinajstić information content (AvgIpc) is 2.37. The highest BCUT2D eigenvalue weighted by Gasteiger charge is 2.37. The SMILES string of the molecule is CC(C)C(C)(CN)Nc1ccc([N+](=O)[O-])cc1C(F)(F)F. The maximum absolute atomic E-state index is 13.1. The van der Waals surface area contributed by atoms with Crippen molar-refractivity contribution in [3.05, 3.63) is 33.9 Å². The fourth-order valence-electron chi connectivity index (χ4n) is 1.73. The molecule has 1 aromatic rings. The maximum atomic E-state index is 13.1. The van der Waals surface area contributed by atoms with Crippen LogP contribution in [0.5, 0.6) is 0 Å². The summed E-state index contributed by atoms with van der Waals surface area (Å²) >= 11 is 0. The number of nitrogens with zero attached hydrogens (tertiary/aromatic N) is 1. The van der Waals surface area contributed by atoms with E-state index in [9.17, 15) is 23.3 Å². The van der Waals surface area contributed by atoms with Crippen LogP contribution >= 0.6 is 0 Å². The van der Waals surface area contributed by atoms with Gasteiger partial charge in [0, 0.05) is 29.9 Å². The van der Waals surface area contributed by atoms with Gasteiger partial charge in [0.1, 0.15) is 0 Å². The van der Waals surface area contributed by atoms with E-state index in [1.54, 1.807) is 6.92 Å². The maximum Gasteiger partial charge on any atom is 0.418 e. The number of hydrogen-bond acceptors (Lipinski definition) is 4. The van der Waals surface area contributed by atoms with Crippen molar-refractivity contribution < 1.29 is 18.1 Å². The second kappa shape index (κ2) is 5.88. The molecular weight excluding hydrogens is 287 g/mol. The first-order valence-electron chi connectivity index (χ1n) is 6.35. The van der Waals surface area contributed by atoms with Crippen molar-refractivity contribution in [2.24, 2.45) is 11.7 Å². The van der Waals surface area contributed by atoms with E-state index in [4.69, 9.17) is 5.73 Å². The van der Waals surface area contributed by atoms with Gasteiger partial charge >= 0.3 is 6.18 Å². The van der Waals surface area contributed by atoms with E-state index in [1.807, 2.05) is 13.8 Å². The fraction of sp³-hybridized carbons (Fsp3) is 0.538. The molecule has 0 fully saturated rings. The third-order valence-corrected chi connectivity index (χ3v) is 3.64. The lowest BCUT2D eigenvalue weighted by atomic mass is 9.88. The predicted octanol–water partition coefficient (Wildman–Crippen LogP) is 3.40. The third-order valence-electron chi connectivity index (χ3n) is 3.64. The first-order valence-corrected chi connectivity index (χ1v) is 6.35. The van der Waals surface area contributed by atoms with Crippen LogP contribution in [-0.4, -0.2) is 17.0 Å². The Kier molecular flexibility index (Phi) is 4.83. The molecule has 0 aliphatic heterocycles. The molecule has 0 radical (unpaired) electrons. The van der Waals surface area contributed by atoms with Gasteiger partial charge < -0.3 is 11.1 Å². The zero-order chi connectivity index (χ0) is 16.4. The average molecular weight is 305 g/mol. The molecule has 0 saturated carbocycles. The van der Waals surface area contributed by atoms with Gasteiger partial charge in [-0.15, -0.1) is 0 Å². The molecule has 1 atom stereocenters. The van der Waals surface area contributed by atoms with Gasteiger partial charge in [-0.2, -0.15) is 13.2 Å². The van der Waals surface area contributed by atoms with Crippen molar-refractivity contribution in [2.75, 3.05) is 11.9 Å². The van der Waals surface area contributed by atoms with E-state index in [-0.39, 0.29) is 18.2 Å². The summed E-state index contributed by atoms with van der Waals surface area (Å²) in [6, 6.07) is 2.63. The Labute approximate surface area is 120 Å². The van der Waals surface area contributed by atoms with Crippen LogP contribution in [0.3, 0.4) is 0 Å². The normalized spacial score (nSPS) is 14.9. The van der Waals surface area contributed by atoms with E-state index in [2.05, 4.69) is 5.32 Å². The van der Waals surface area contributed by atoms with Crippen LogP contribution in [0.2, 0.25) is 0 Å². The summed E-state index contributed by atoms with van der Waals surface area (Å²) in [6.45, 7) is 5.50. The molecule has 21 heavy (non-hydrogen) atoms. The van der Waals surface area contributed by atoms with Crippen LogP contribution < -0.4 is 11.1 Å². The van der Waals surface area contributed by atoms with Crippen LogP contribution in [-0.2, 0) is 6.18 Å². The van der Waals surface area contributed by atoms with E-state index in [0.29, 0.717) is 6.07 Å². The Morgan fingerprint density at radius 1 is 1.38 bits per heavy atom. The Morgan fingerprint density at radius 2 is 1.95 bits per heavy atom. The van der Waals surface area contributed by atoms with Crippen LogP contribution in [0.25, 0.3) is 0 Å². The van der Waals surface area contributed by atoms with Crippen molar-refractivity contribution in [2.45, 2.75) is 32.5 Å². The molecule has 5 nitrogen and oxygen atoms in total. The van der Waals surface area contributed by atoms with E-state index >= 15 is 0 Å². The number of nitro benzene ring substituents is 1. The van der Waals surface area contributed by atoms with Crippen LogP contribution in [0.15, 0.2) is 18.2 Å². The monoisotopic (exact) mass is 305 g/mol. The van der Waals surface area contributed by atoms with Crippen molar-refractivity contribution >= 4 is 11.4 Å². The first kappa shape index (κ1) is 17.2. The predicted molar refractivity (Wildman–Crippen MR) is 74.0 cm³/mol. The molecule has 1 unspecified atom stereocenters. The summed E-state index contributed by atoms with van der Waals surface area (Å²) in [5.41, 5.74) is 3.00. The lowest BCUT2D eigenvalue weighted by Crippen LogP contribution is -2.47. The Balaban J connectivity index is 3.33. The molecule has 3 N–H and O–H groups in total. The quantitative estimate of drug-likeness (QED) is 0.645. The molecule has 0 spiro atoms. The first-order chi connectivity index (χ1) is 9.51. The number of non-ortho nitro benzene ring substituents is 1. The number of nitrogens with two attached hydrogens (primary N) is 1. The number of alkyl halides is 3. The standard InChI is InChI=1S/C13H18F3N3O2/c1-8(2)12(3,7-17)18-11-5-4-9(19(20)21)6-10(11)13(14,15)16/h4-6,8,18H,7,17H2,1-3H3. The number of halogens is 3. The summed E-state index contributed by atoms with van der Waals surface area (Å²) in [4.78, 5) is 9.78. The molecule has 8 heteroatoms. The van der Waals surface area contributed by atoms with Crippen LogP contribution in [0.1, 0.15) is 26.3 Å². The van der Waals surface area contributed by atoms with Crippen molar-refractivity contribution in [3.63, 3.8) is 0 Å². The number of rotatable bonds is 5. The molecule has 0 aromatic heterocycles. The van der Waals surface area contributed by atoms with Gasteiger partial charge in [-0.1, -0.05) is 13.8 Å². The molecule has 0 aliphatic rings. The minimum Gasteiger partial charge on any atom is -0.378 e. The molecule has 1 rings (SSSR count). The van der Waals surface area contributed by atoms with E-state index in [0.717, 1.165) is 12.1 Å². The van der Waals surface area contributed by atoms with Crippen molar-refractivity contribution in [1.29, 1.82) is 0 Å². The Hall–Kier alpha value is -1.83. The lowest BCUT2D eigenvalue weighted by Gasteiger charge is -2.35. The number of nitrogens with one attached hydrogen (secondary N) is 1. The fourth-order valence-corrected chi connectivity index (χ4v) is 1.73. The summed E-state index contributed by atoms with van der Waals surface area (Å²) in [5, 5.41) is 13.4. The second-order valence-electron chi connectivity index (χ2n) is 5.39. The Morgan fingerprint density at radius 3 is 2.33 bits per heavy atom. The molecule has 1 aromatic carbocycles. The second-order valence-corrected chi connectivity index (χ2v) is 5.39. The van der Waals surface area contributed by atoms with Crippen LogP contribution in [0, 0.1) is 16.0 Å².